The van der Waals surface area contributed by atoms with Crippen molar-refractivity contribution in [2.75, 3.05) is 13.1 Å². The third kappa shape index (κ3) is 1.90. The van der Waals surface area contributed by atoms with Crippen LogP contribution in [-0.2, 0) is 0 Å². The quantitative estimate of drug-likeness (QED) is 0.633. The van der Waals surface area contributed by atoms with E-state index >= 15 is 0 Å². The van der Waals surface area contributed by atoms with Crippen molar-refractivity contribution in [2.45, 2.75) is 58.4 Å². The van der Waals surface area contributed by atoms with Gasteiger partial charge in [-0.05, 0) is 44.1 Å². The maximum absolute atomic E-state index is 2.76. The second kappa shape index (κ2) is 3.61. The van der Waals surface area contributed by atoms with Gasteiger partial charge in [0.2, 0.25) is 0 Å². The monoisotopic (exact) mass is 181 g/mol. The van der Waals surface area contributed by atoms with Gasteiger partial charge < -0.3 is 0 Å². The summed E-state index contributed by atoms with van der Waals surface area (Å²) in [5, 5.41) is 0. The second-order valence-corrected chi connectivity index (χ2v) is 5.32. The van der Waals surface area contributed by atoms with Gasteiger partial charge in [-0.3, -0.25) is 4.90 Å². The number of piperidine rings is 1. The van der Waals surface area contributed by atoms with Crippen molar-refractivity contribution < 1.29 is 0 Å². The van der Waals surface area contributed by atoms with Crippen molar-refractivity contribution in [2.24, 2.45) is 5.41 Å². The standard InChI is InChI=1S/C12H23N/c1-3-12(2)8-5-9-13(10-12)11-6-4-7-11/h11H,3-10H2,1-2H3. The van der Waals surface area contributed by atoms with Gasteiger partial charge in [-0.1, -0.05) is 20.3 Å². The zero-order chi connectivity index (χ0) is 9.31. The molecule has 1 unspecified atom stereocenters. The predicted molar refractivity (Wildman–Crippen MR) is 56.8 cm³/mol. The first-order valence-electron chi connectivity index (χ1n) is 5.97. The van der Waals surface area contributed by atoms with E-state index in [0.29, 0.717) is 5.41 Å². The first-order valence-corrected chi connectivity index (χ1v) is 5.97. The van der Waals surface area contributed by atoms with E-state index in [1.807, 2.05) is 0 Å². The van der Waals surface area contributed by atoms with Crippen molar-refractivity contribution in [3.63, 3.8) is 0 Å². The van der Waals surface area contributed by atoms with Gasteiger partial charge in [0.1, 0.15) is 0 Å². The Morgan fingerprint density at radius 1 is 1.31 bits per heavy atom. The minimum atomic E-state index is 0.633. The molecule has 1 saturated carbocycles. The van der Waals surface area contributed by atoms with Crippen molar-refractivity contribution in [1.82, 2.24) is 4.90 Å². The molecule has 76 valence electrons. The summed E-state index contributed by atoms with van der Waals surface area (Å²) in [4.78, 5) is 2.76. The van der Waals surface area contributed by atoms with Crippen molar-refractivity contribution in [3.8, 4) is 0 Å². The third-order valence-electron chi connectivity index (χ3n) is 4.26. The van der Waals surface area contributed by atoms with Gasteiger partial charge in [0, 0.05) is 12.6 Å². The lowest BCUT2D eigenvalue weighted by Gasteiger charge is -2.46. The van der Waals surface area contributed by atoms with Crippen molar-refractivity contribution in [1.29, 1.82) is 0 Å². The Bertz CT molecular complexity index is 174. The van der Waals surface area contributed by atoms with Crippen LogP contribution in [0, 0.1) is 5.41 Å². The second-order valence-electron chi connectivity index (χ2n) is 5.32. The van der Waals surface area contributed by atoms with Crippen LogP contribution in [0.1, 0.15) is 52.4 Å². The molecule has 1 aliphatic carbocycles. The van der Waals surface area contributed by atoms with Gasteiger partial charge in [-0.15, -0.1) is 0 Å². The molecule has 1 atom stereocenters. The molecule has 0 amide bonds. The van der Waals surface area contributed by atoms with Gasteiger partial charge in [0.25, 0.3) is 0 Å². The fourth-order valence-electron chi connectivity index (χ4n) is 2.71. The topological polar surface area (TPSA) is 3.24 Å². The molecule has 0 bridgehead atoms. The Hall–Kier alpha value is -0.0400. The zero-order valence-corrected chi connectivity index (χ0v) is 9.18. The van der Waals surface area contributed by atoms with Crippen LogP contribution in [0.4, 0.5) is 0 Å². The Kier molecular flexibility index (Phi) is 2.64. The molecule has 2 aliphatic rings. The number of likely N-dealkylation sites (tertiary alicyclic amines) is 1. The average molecular weight is 181 g/mol. The van der Waals surface area contributed by atoms with Crippen molar-refractivity contribution in [3.05, 3.63) is 0 Å². The van der Waals surface area contributed by atoms with E-state index in [1.165, 1.54) is 51.6 Å². The van der Waals surface area contributed by atoms with E-state index in [0.717, 1.165) is 6.04 Å². The number of hydrogen-bond acceptors (Lipinski definition) is 1. The normalized spacial score (nSPS) is 37.4. The Morgan fingerprint density at radius 3 is 2.62 bits per heavy atom. The van der Waals surface area contributed by atoms with Gasteiger partial charge in [0.15, 0.2) is 0 Å². The molecule has 1 heterocycles. The lowest BCUT2D eigenvalue weighted by atomic mass is 9.77. The molecule has 1 aliphatic heterocycles. The fourth-order valence-corrected chi connectivity index (χ4v) is 2.71. The highest BCUT2D eigenvalue weighted by molar-refractivity contribution is 4.88. The van der Waals surface area contributed by atoms with Crippen LogP contribution in [0.15, 0.2) is 0 Å². The van der Waals surface area contributed by atoms with Crippen LogP contribution in [-0.4, -0.2) is 24.0 Å². The summed E-state index contributed by atoms with van der Waals surface area (Å²) in [5.74, 6) is 0. The summed E-state index contributed by atoms with van der Waals surface area (Å²) in [5.41, 5.74) is 0.633. The van der Waals surface area contributed by atoms with Crippen LogP contribution in [0.5, 0.6) is 0 Å². The molecule has 0 aromatic carbocycles. The first-order chi connectivity index (χ1) is 6.23. The molecule has 2 fully saturated rings. The van der Waals surface area contributed by atoms with E-state index in [2.05, 4.69) is 18.7 Å². The first kappa shape index (κ1) is 9.51. The third-order valence-corrected chi connectivity index (χ3v) is 4.26. The van der Waals surface area contributed by atoms with Crippen LogP contribution in [0.2, 0.25) is 0 Å². The van der Waals surface area contributed by atoms with Gasteiger partial charge in [0.05, 0.1) is 0 Å². The molecule has 0 radical (unpaired) electrons. The van der Waals surface area contributed by atoms with Crippen molar-refractivity contribution >= 4 is 0 Å². The summed E-state index contributed by atoms with van der Waals surface area (Å²) < 4.78 is 0. The van der Waals surface area contributed by atoms with Crippen LogP contribution in [0.3, 0.4) is 0 Å². The molecule has 13 heavy (non-hydrogen) atoms. The van der Waals surface area contributed by atoms with E-state index in [4.69, 9.17) is 0 Å². The molecule has 1 saturated heterocycles. The summed E-state index contributed by atoms with van der Waals surface area (Å²) in [6.07, 6.45) is 8.66. The molecule has 0 spiro atoms. The van der Waals surface area contributed by atoms with Crippen LogP contribution in [0.25, 0.3) is 0 Å². The van der Waals surface area contributed by atoms with Gasteiger partial charge in [-0.25, -0.2) is 0 Å². The summed E-state index contributed by atoms with van der Waals surface area (Å²) in [7, 11) is 0. The predicted octanol–water partition coefficient (Wildman–Crippen LogP) is 3.05. The summed E-state index contributed by atoms with van der Waals surface area (Å²) in [6, 6.07) is 0.964. The number of hydrogen-bond donors (Lipinski definition) is 0. The average Bonchev–Trinajstić information content (AvgIpc) is 2.01. The summed E-state index contributed by atoms with van der Waals surface area (Å²) >= 11 is 0. The highest BCUT2D eigenvalue weighted by atomic mass is 15.2. The Morgan fingerprint density at radius 2 is 2.08 bits per heavy atom. The molecule has 1 heteroatoms. The largest absolute Gasteiger partial charge is 0.300 e. The Labute approximate surface area is 82.5 Å². The molecule has 0 aromatic heterocycles. The van der Waals surface area contributed by atoms with E-state index in [9.17, 15) is 0 Å². The van der Waals surface area contributed by atoms with Crippen LogP contribution < -0.4 is 0 Å². The number of rotatable bonds is 2. The zero-order valence-electron chi connectivity index (χ0n) is 9.18. The minimum Gasteiger partial charge on any atom is -0.300 e. The van der Waals surface area contributed by atoms with Gasteiger partial charge >= 0.3 is 0 Å². The summed E-state index contributed by atoms with van der Waals surface area (Å²) in [6.45, 7) is 7.57. The maximum Gasteiger partial charge on any atom is 0.00955 e. The SMILES string of the molecule is CCC1(C)CCCN(C2CCC2)C1. The minimum absolute atomic E-state index is 0.633. The molecule has 2 rings (SSSR count). The van der Waals surface area contributed by atoms with Gasteiger partial charge in [-0.2, -0.15) is 0 Å². The lowest BCUT2D eigenvalue weighted by Crippen LogP contribution is -2.49. The lowest BCUT2D eigenvalue weighted by molar-refractivity contribution is 0.0339. The highest BCUT2D eigenvalue weighted by Crippen LogP contribution is 2.36. The molecular weight excluding hydrogens is 158 g/mol. The number of nitrogens with zero attached hydrogens (tertiary/aromatic N) is 1. The molecule has 0 aromatic rings. The molecule has 0 N–H and O–H groups in total. The fraction of sp³-hybridized carbons (Fsp3) is 1.00. The molecular formula is C12H23N. The Balaban J connectivity index is 1.91. The smallest absolute Gasteiger partial charge is 0.00955 e. The molecule has 1 nitrogen and oxygen atoms in total. The van der Waals surface area contributed by atoms with Crippen LogP contribution >= 0.6 is 0 Å². The highest BCUT2D eigenvalue weighted by Gasteiger charge is 2.34. The van der Waals surface area contributed by atoms with E-state index in [-0.39, 0.29) is 0 Å². The van der Waals surface area contributed by atoms with E-state index < -0.39 is 0 Å². The maximum atomic E-state index is 2.76. The van der Waals surface area contributed by atoms with E-state index in [1.54, 1.807) is 0 Å².